The van der Waals surface area contributed by atoms with Crippen molar-refractivity contribution in [2.24, 2.45) is 0 Å². The molecule has 19 heavy (non-hydrogen) atoms. The third-order valence-electron chi connectivity index (χ3n) is 3.07. The molecule has 0 fully saturated rings. The second kappa shape index (κ2) is 7.46. The number of rotatable bonds is 7. The number of aromatic nitrogens is 2. The Bertz CT molecular complexity index is 465. The van der Waals surface area contributed by atoms with Crippen molar-refractivity contribution >= 4 is 15.9 Å². The second-order valence-corrected chi connectivity index (χ2v) is 5.64. The second-order valence-electron chi connectivity index (χ2n) is 4.72. The van der Waals surface area contributed by atoms with Gasteiger partial charge in [0.15, 0.2) is 0 Å². The fourth-order valence-corrected chi connectivity index (χ4v) is 2.38. The van der Waals surface area contributed by atoms with Crippen molar-refractivity contribution in [1.82, 2.24) is 15.3 Å². The minimum absolute atomic E-state index is 0.423. The van der Waals surface area contributed by atoms with Crippen LogP contribution in [0.15, 0.2) is 41.1 Å². The number of aromatic amines is 1. The SMILES string of the molecule is CCCNC(Cc1ccc(Br)cc1)Cc1ncc[nH]1. The lowest BCUT2D eigenvalue weighted by molar-refractivity contribution is 0.497. The predicted octanol–water partition coefficient (Wildman–Crippen LogP) is 3.33. The summed E-state index contributed by atoms with van der Waals surface area (Å²) in [4.78, 5) is 7.50. The van der Waals surface area contributed by atoms with Crippen molar-refractivity contribution in [3.63, 3.8) is 0 Å². The molecule has 0 aliphatic carbocycles. The summed E-state index contributed by atoms with van der Waals surface area (Å²) >= 11 is 3.47. The van der Waals surface area contributed by atoms with Gasteiger partial charge in [-0.05, 0) is 37.1 Å². The molecule has 2 rings (SSSR count). The molecule has 4 heteroatoms. The molecule has 2 N–H and O–H groups in total. The van der Waals surface area contributed by atoms with Gasteiger partial charge in [0, 0.05) is 29.3 Å². The molecule has 1 aromatic carbocycles. The van der Waals surface area contributed by atoms with Crippen LogP contribution in [0, 0.1) is 0 Å². The third-order valence-corrected chi connectivity index (χ3v) is 3.60. The maximum absolute atomic E-state index is 4.32. The van der Waals surface area contributed by atoms with E-state index in [1.54, 1.807) is 0 Å². The number of nitrogens with one attached hydrogen (secondary N) is 2. The zero-order valence-electron chi connectivity index (χ0n) is 11.2. The van der Waals surface area contributed by atoms with E-state index in [4.69, 9.17) is 0 Å². The molecule has 2 aromatic rings. The average Bonchev–Trinajstić information content (AvgIpc) is 2.91. The summed E-state index contributed by atoms with van der Waals surface area (Å²) in [6.07, 6.45) is 6.80. The van der Waals surface area contributed by atoms with E-state index in [-0.39, 0.29) is 0 Å². The van der Waals surface area contributed by atoms with E-state index in [9.17, 15) is 0 Å². The summed E-state index contributed by atoms with van der Waals surface area (Å²) in [7, 11) is 0. The quantitative estimate of drug-likeness (QED) is 0.821. The molecule has 0 amide bonds. The van der Waals surface area contributed by atoms with E-state index in [0.717, 1.165) is 36.1 Å². The summed E-state index contributed by atoms with van der Waals surface area (Å²) in [5.41, 5.74) is 1.35. The minimum Gasteiger partial charge on any atom is -0.349 e. The van der Waals surface area contributed by atoms with Gasteiger partial charge in [-0.25, -0.2) is 4.98 Å². The average molecular weight is 322 g/mol. The number of H-pyrrole nitrogens is 1. The largest absolute Gasteiger partial charge is 0.349 e. The van der Waals surface area contributed by atoms with Crippen molar-refractivity contribution in [2.75, 3.05) is 6.54 Å². The Hall–Kier alpha value is -1.13. The monoisotopic (exact) mass is 321 g/mol. The molecule has 0 saturated carbocycles. The fraction of sp³-hybridized carbons (Fsp3) is 0.400. The van der Waals surface area contributed by atoms with E-state index in [1.807, 2.05) is 12.4 Å². The van der Waals surface area contributed by atoms with Gasteiger partial charge in [-0.1, -0.05) is 35.0 Å². The van der Waals surface area contributed by atoms with Crippen LogP contribution in [0.1, 0.15) is 24.7 Å². The highest BCUT2D eigenvalue weighted by molar-refractivity contribution is 9.10. The van der Waals surface area contributed by atoms with Gasteiger partial charge in [-0.3, -0.25) is 0 Å². The molecule has 0 bridgehead atoms. The highest BCUT2D eigenvalue weighted by Gasteiger charge is 2.11. The lowest BCUT2D eigenvalue weighted by atomic mass is 10.0. The molecule has 1 atom stereocenters. The normalized spacial score (nSPS) is 12.5. The molecule has 102 valence electrons. The van der Waals surface area contributed by atoms with Crippen LogP contribution < -0.4 is 5.32 Å². The minimum atomic E-state index is 0.423. The van der Waals surface area contributed by atoms with Crippen molar-refractivity contribution in [3.8, 4) is 0 Å². The predicted molar refractivity (Wildman–Crippen MR) is 82.2 cm³/mol. The van der Waals surface area contributed by atoms with E-state index < -0.39 is 0 Å². The molecular weight excluding hydrogens is 302 g/mol. The summed E-state index contributed by atoms with van der Waals surface area (Å²) in [6.45, 7) is 3.23. The fourth-order valence-electron chi connectivity index (χ4n) is 2.11. The first-order valence-electron chi connectivity index (χ1n) is 6.74. The molecule has 1 heterocycles. The lowest BCUT2D eigenvalue weighted by Crippen LogP contribution is -2.34. The van der Waals surface area contributed by atoms with Crippen molar-refractivity contribution in [2.45, 2.75) is 32.2 Å². The van der Waals surface area contributed by atoms with E-state index in [2.05, 4.69) is 62.4 Å². The first-order valence-corrected chi connectivity index (χ1v) is 7.53. The summed E-state index contributed by atoms with van der Waals surface area (Å²) < 4.78 is 1.13. The number of nitrogens with zero attached hydrogens (tertiary/aromatic N) is 1. The molecule has 1 unspecified atom stereocenters. The Balaban J connectivity index is 1.98. The van der Waals surface area contributed by atoms with Crippen molar-refractivity contribution < 1.29 is 0 Å². The summed E-state index contributed by atoms with van der Waals surface area (Å²) in [6, 6.07) is 8.96. The maximum atomic E-state index is 4.32. The van der Waals surface area contributed by atoms with Crippen LogP contribution in [0.5, 0.6) is 0 Å². The van der Waals surface area contributed by atoms with Crippen molar-refractivity contribution in [1.29, 1.82) is 0 Å². The van der Waals surface area contributed by atoms with Crippen LogP contribution in [-0.4, -0.2) is 22.6 Å². The Kier molecular flexibility index (Phi) is 5.61. The molecule has 0 aliphatic rings. The standard InChI is InChI=1S/C15H20BrN3/c1-2-7-17-14(11-15-18-8-9-19-15)10-12-3-5-13(16)6-4-12/h3-6,8-9,14,17H,2,7,10-11H2,1H3,(H,18,19). The van der Waals surface area contributed by atoms with Gasteiger partial charge < -0.3 is 10.3 Å². The maximum Gasteiger partial charge on any atom is 0.107 e. The number of imidazole rings is 1. The number of hydrogen-bond donors (Lipinski definition) is 2. The van der Waals surface area contributed by atoms with E-state index >= 15 is 0 Å². The first-order chi connectivity index (χ1) is 9.28. The highest BCUT2D eigenvalue weighted by atomic mass is 79.9. The Morgan fingerprint density at radius 2 is 2.05 bits per heavy atom. The van der Waals surface area contributed by atoms with Crippen LogP contribution in [0.25, 0.3) is 0 Å². The highest BCUT2D eigenvalue weighted by Crippen LogP contribution is 2.13. The van der Waals surface area contributed by atoms with Crippen LogP contribution >= 0.6 is 15.9 Å². The Morgan fingerprint density at radius 3 is 2.68 bits per heavy atom. The summed E-state index contributed by atoms with van der Waals surface area (Å²) in [5.74, 6) is 1.05. The molecule has 0 spiro atoms. The molecule has 3 nitrogen and oxygen atoms in total. The van der Waals surface area contributed by atoms with Gasteiger partial charge in [0.1, 0.15) is 5.82 Å². The van der Waals surface area contributed by atoms with Gasteiger partial charge in [0.2, 0.25) is 0 Å². The molecule has 0 aliphatic heterocycles. The Labute approximate surface area is 123 Å². The Morgan fingerprint density at radius 1 is 1.26 bits per heavy atom. The van der Waals surface area contributed by atoms with Crippen molar-refractivity contribution in [3.05, 3.63) is 52.5 Å². The molecular formula is C15H20BrN3. The summed E-state index contributed by atoms with van der Waals surface area (Å²) in [5, 5.41) is 3.60. The van der Waals surface area contributed by atoms with E-state index in [0.29, 0.717) is 6.04 Å². The number of hydrogen-bond acceptors (Lipinski definition) is 2. The van der Waals surface area contributed by atoms with Crippen LogP contribution in [0.4, 0.5) is 0 Å². The zero-order chi connectivity index (χ0) is 13.5. The van der Waals surface area contributed by atoms with Crippen LogP contribution in [0.2, 0.25) is 0 Å². The smallest absolute Gasteiger partial charge is 0.107 e. The molecule has 0 saturated heterocycles. The van der Waals surface area contributed by atoms with Gasteiger partial charge >= 0.3 is 0 Å². The molecule has 0 radical (unpaired) electrons. The van der Waals surface area contributed by atoms with E-state index in [1.165, 1.54) is 5.56 Å². The van der Waals surface area contributed by atoms with Gasteiger partial charge in [0.25, 0.3) is 0 Å². The third kappa shape index (κ3) is 4.80. The van der Waals surface area contributed by atoms with Gasteiger partial charge in [0.05, 0.1) is 0 Å². The number of benzene rings is 1. The topological polar surface area (TPSA) is 40.7 Å². The van der Waals surface area contributed by atoms with Crippen LogP contribution in [-0.2, 0) is 12.8 Å². The van der Waals surface area contributed by atoms with Gasteiger partial charge in [-0.2, -0.15) is 0 Å². The lowest BCUT2D eigenvalue weighted by Gasteiger charge is -2.17. The first kappa shape index (κ1) is 14.3. The number of halogens is 1. The zero-order valence-corrected chi connectivity index (χ0v) is 12.8. The van der Waals surface area contributed by atoms with Crippen LogP contribution in [0.3, 0.4) is 0 Å². The van der Waals surface area contributed by atoms with Gasteiger partial charge in [-0.15, -0.1) is 0 Å². The molecule has 1 aromatic heterocycles.